The smallest absolute Gasteiger partial charge is 0.295 e. The highest BCUT2D eigenvalue weighted by molar-refractivity contribution is 6.46. The van der Waals surface area contributed by atoms with E-state index >= 15 is 0 Å². The molecule has 0 bridgehead atoms. The zero-order valence-electron chi connectivity index (χ0n) is 20.7. The molecule has 0 aliphatic carbocycles. The van der Waals surface area contributed by atoms with Gasteiger partial charge < -0.3 is 14.7 Å². The van der Waals surface area contributed by atoms with E-state index in [0.29, 0.717) is 29.0 Å². The molecule has 1 N–H and O–H groups in total. The van der Waals surface area contributed by atoms with Crippen LogP contribution in [0.15, 0.2) is 103 Å². The molecule has 6 nitrogen and oxygen atoms in total. The summed E-state index contributed by atoms with van der Waals surface area (Å²) < 4.78 is 19.6. The first-order valence-corrected chi connectivity index (χ1v) is 12.1. The normalized spacial score (nSPS) is 16.6. The Morgan fingerprint density at radius 2 is 1.71 bits per heavy atom. The average Bonchev–Trinajstić information content (AvgIpc) is 3.18. The number of aryl methyl sites for hydroxylation is 1. The summed E-state index contributed by atoms with van der Waals surface area (Å²) in [6.07, 6.45) is 3.23. The van der Waals surface area contributed by atoms with Gasteiger partial charge in [0.2, 0.25) is 0 Å². The van der Waals surface area contributed by atoms with Gasteiger partial charge in [-0.25, -0.2) is 4.39 Å². The highest BCUT2D eigenvalue weighted by Gasteiger charge is 2.46. The van der Waals surface area contributed by atoms with E-state index in [1.807, 2.05) is 30.3 Å². The van der Waals surface area contributed by atoms with Gasteiger partial charge in [0.05, 0.1) is 11.6 Å². The van der Waals surface area contributed by atoms with Gasteiger partial charge in [-0.05, 0) is 65.6 Å². The third-order valence-corrected chi connectivity index (χ3v) is 6.50. The van der Waals surface area contributed by atoms with Gasteiger partial charge in [-0.2, -0.15) is 0 Å². The molecule has 1 aliphatic heterocycles. The number of hydrogen-bond donors (Lipinski definition) is 1. The fourth-order valence-corrected chi connectivity index (χ4v) is 4.60. The summed E-state index contributed by atoms with van der Waals surface area (Å²) in [6, 6.07) is 23.1. The zero-order chi connectivity index (χ0) is 26.6. The number of halogens is 1. The Bertz CT molecular complexity index is 1500. The van der Waals surface area contributed by atoms with Gasteiger partial charge in [0.15, 0.2) is 0 Å². The first kappa shape index (κ1) is 24.9. The summed E-state index contributed by atoms with van der Waals surface area (Å²) in [5.74, 6) is -1.68. The van der Waals surface area contributed by atoms with Gasteiger partial charge in [-0.3, -0.25) is 14.6 Å². The van der Waals surface area contributed by atoms with Crippen molar-refractivity contribution >= 4 is 17.4 Å². The molecule has 0 radical (unpaired) electrons. The number of aliphatic hydroxyl groups excluding tert-OH is 1. The fraction of sp³-hybridized carbons (Fsp3) is 0.129. The molecule has 0 unspecified atom stereocenters. The molecule has 190 valence electrons. The van der Waals surface area contributed by atoms with Gasteiger partial charge in [0.1, 0.15) is 23.9 Å². The molecule has 1 aliphatic rings. The van der Waals surface area contributed by atoms with E-state index in [-0.39, 0.29) is 17.9 Å². The monoisotopic (exact) mass is 508 g/mol. The number of rotatable bonds is 7. The third kappa shape index (κ3) is 5.04. The second kappa shape index (κ2) is 10.7. The maximum atomic E-state index is 13.7. The molecule has 7 heteroatoms. The van der Waals surface area contributed by atoms with Crippen molar-refractivity contribution in [3.05, 3.63) is 137 Å². The Labute approximate surface area is 219 Å². The molecule has 1 amide bonds. The predicted octanol–water partition coefficient (Wildman–Crippen LogP) is 5.73. The summed E-state index contributed by atoms with van der Waals surface area (Å²) in [5.41, 5.74) is 3.28. The maximum absolute atomic E-state index is 13.7. The van der Waals surface area contributed by atoms with Crippen LogP contribution in [0.4, 0.5) is 4.39 Å². The van der Waals surface area contributed by atoms with Crippen LogP contribution in [-0.4, -0.2) is 26.7 Å². The third-order valence-electron chi connectivity index (χ3n) is 6.50. The molecule has 3 aromatic carbocycles. The lowest BCUT2D eigenvalue weighted by molar-refractivity contribution is -0.140. The first-order chi connectivity index (χ1) is 18.4. The number of likely N-dealkylation sites (tertiary alicyclic amines) is 1. The van der Waals surface area contributed by atoms with Gasteiger partial charge in [0.25, 0.3) is 11.7 Å². The highest BCUT2D eigenvalue weighted by Crippen LogP contribution is 2.41. The molecule has 2 heterocycles. The van der Waals surface area contributed by atoms with Crippen LogP contribution < -0.4 is 4.74 Å². The molecule has 0 saturated carbocycles. The van der Waals surface area contributed by atoms with Crippen molar-refractivity contribution in [3.63, 3.8) is 0 Å². The van der Waals surface area contributed by atoms with Crippen LogP contribution in [0.3, 0.4) is 0 Å². The van der Waals surface area contributed by atoms with E-state index in [0.717, 1.165) is 11.1 Å². The number of pyridine rings is 1. The van der Waals surface area contributed by atoms with Crippen LogP contribution in [-0.2, 0) is 22.7 Å². The molecular formula is C31H25FN2O4. The number of ketones is 1. The highest BCUT2D eigenvalue weighted by atomic mass is 19.1. The standard InChI is InChI=1S/C31H25FN2O4/c1-20-16-25(38-19-21-6-3-2-4-7-21)13-14-26(20)29(35)27-28(23-9-11-24(32)12-10-23)34(31(37)30(27)36)18-22-8-5-15-33-17-22/h2-17,28,35H,18-19H2,1H3/t28-/m1/s1. The van der Waals surface area contributed by atoms with Crippen LogP contribution in [0.5, 0.6) is 5.75 Å². The number of nitrogens with zero attached hydrogens (tertiary/aromatic N) is 2. The average molecular weight is 509 g/mol. The van der Waals surface area contributed by atoms with E-state index in [4.69, 9.17) is 4.74 Å². The van der Waals surface area contributed by atoms with E-state index < -0.39 is 23.5 Å². The van der Waals surface area contributed by atoms with Crippen LogP contribution >= 0.6 is 0 Å². The molecule has 1 saturated heterocycles. The second-order valence-corrected chi connectivity index (χ2v) is 9.09. The lowest BCUT2D eigenvalue weighted by Gasteiger charge is -2.25. The Kier molecular flexibility index (Phi) is 7.00. The number of amides is 1. The number of hydrogen-bond acceptors (Lipinski definition) is 5. The van der Waals surface area contributed by atoms with Crippen molar-refractivity contribution in [3.8, 4) is 5.75 Å². The van der Waals surface area contributed by atoms with Crippen LogP contribution in [0.25, 0.3) is 5.76 Å². The SMILES string of the molecule is Cc1cc(OCc2ccccc2)ccc1C(O)=C1C(=O)C(=O)N(Cc2cccnc2)[C@@H]1c1ccc(F)cc1. The number of carbonyl (C=O) groups excluding carboxylic acids is 2. The van der Waals surface area contributed by atoms with Crippen molar-refractivity contribution < 1.29 is 23.8 Å². The number of carbonyl (C=O) groups is 2. The number of Topliss-reactive ketones (excluding diaryl/α,β-unsaturated/α-hetero) is 1. The van der Waals surface area contributed by atoms with Gasteiger partial charge >= 0.3 is 0 Å². The van der Waals surface area contributed by atoms with E-state index in [1.165, 1.54) is 29.2 Å². The Morgan fingerprint density at radius 1 is 0.974 bits per heavy atom. The molecule has 5 rings (SSSR count). The maximum Gasteiger partial charge on any atom is 0.295 e. The summed E-state index contributed by atoms with van der Waals surface area (Å²) >= 11 is 0. The Hall–Kier alpha value is -4.78. The van der Waals surface area contributed by atoms with E-state index in [9.17, 15) is 19.1 Å². The summed E-state index contributed by atoms with van der Waals surface area (Å²) in [4.78, 5) is 31.9. The van der Waals surface area contributed by atoms with Crippen molar-refractivity contribution in [2.75, 3.05) is 0 Å². The van der Waals surface area contributed by atoms with Crippen LogP contribution in [0.1, 0.15) is 33.9 Å². The zero-order valence-corrected chi connectivity index (χ0v) is 20.7. The van der Waals surface area contributed by atoms with Crippen LogP contribution in [0, 0.1) is 12.7 Å². The number of benzene rings is 3. The largest absolute Gasteiger partial charge is 0.507 e. The van der Waals surface area contributed by atoms with E-state index in [1.54, 1.807) is 49.6 Å². The molecule has 1 aromatic heterocycles. The minimum absolute atomic E-state index is 0.0495. The first-order valence-electron chi connectivity index (χ1n) is 12.1. The quantitative estimate of drug-likeness (QED) is 0.196. The summed E-state index contributed by atoms with van der Waals surface area (Å²) in [7, 11) is 0. The second-order valence-electron chi connectivity index (χ2n) is 9.09. The number of ether oxygens (including phenoxy) is 1. The van der Waals surface area contributed by atoms with Crippen molar-refractivity contribution in [2.45, 2.75) is 26.1 Å². The van der Waals surface area contributed by atoms with Crippen molar-refractivity contribution in [1.82, 2.24) is 9.88 Å². The number of aliphatic hydroxyl groups is 1. The molecule has 4 aromatic rings. The van der Waals surface area contributed by atoms with E-state index in [2.05, 4.69) is 4.98 Å². The lowest BCUT2D eigenvalue weighted by Crippen LogP contribution is -2.29. The molecule has 0 spiro atoms. The Balaban J connectivity index is 1.52. The minimum atomic E-state index is -0.899. The van der Waals surface area contributed by atoms with Crippen molar-refractivity contribution in [2.24, 2.45) is 0 Å². The molecule has 38 heavy (non-hydrogen) atoms. The molecule has 1 fully saturated rings. The summed E-state index contributed by atoms with van der Waals surface area (Å²) in [6.45, 7) is 2.28. The number of aromatic nitrogens is 1. The fourth-order valence-electron chi connectivity index (χ4n) is 4.60. The van der Waals surface area contributed by atoms with Crippen LogP contribution in [0.2, 0.25) is 0 Å². The topological polar surface area (TPSA) is 79.7 Å². The lowest BCUT2D eigenvalue weighted by atomic mass is 9.93. The molecule has 1 atom stereocenters. The van der Waals surface area contributed by atoms with Gasteiger partial charge in [0, 0.05) is 24.5 Å². The summed E-state index contributed by atoms with van der Waals surface area (Å²) in [5, 5.41) is 11.4. The predicted molar refractivity (Wildman–Crippen MR) is 140 cm³/mol. The van der Waals surface area contributed by atoms with Gasteiger partial charge in [-0.15, -0.1) is 0 Å². The Morgan fingerprint density at radius 3 is 2.39 bits per heavy atom. The van der Waals surface area contributed by atoms with Gasteiger partial charge in [-0.1, -0.05) is 48.5 Å². The molecular weight excluding hydrogens is 483 g/mol. The van der Waals surface area contributed by atoms with Crippen molar-refractivity contribution in [1.29, 1.82) is 0 Å². The minimum Gasteiger partial charge on any atom is -0.507 e.